The molecule has 0 saturated carbocycles. The number of benzene rings is 1. The minimum atomic E-state index is 0.0743. The average molecular weight is 275 g/mol. The number of carbonyl (C=O) groups excluding carboxylic acids is 1. The van der Waals surface area contributed by atoms with Crippen LogP contribution in [0.3, 0.4) is 0 Å². The fraction of sp³-hybridized carbons (Fsp3) is 0.562. The quantitative estimate of drug-likeness (QED) is 0.865. The van der Waals surface area contributed by atoms with E-state index in [1.165, 1.54) is 12.8 Å². The van der Waals surface area contributed by atoms with Gasteiger partial charge >= 0.3 is 0 Å². The van der Waals surface area contributed by atoms with Crippen LogP contribution in [0, 0.1) is 5.92 Å². The zero-order valence-corrected chi connectivity index (χ0v) is 12.2. The Kier molecular flexibility index (Phi) is 5.56. The molecule has 1 amide bonds. The van der Waals surface area contributed by atoms with Crippen LogP contribution in [0.2, 0.25) is 0 Å². The third-order valence-electron chi connectivity index (χ3n) is 4.16. The van der Waals surface area contributed by atoms with E-state index < -0.39 is 0 Å². The first kappa shape index (κ1) is 15.0. The van der Waals surface area contributed by atoms with Crippen molar-refractivity contribution in [2.75, 3.05) is 25.0 Å². The van der Waals surface area contributed by atoms with E-state index in [4.69, 9.17) is 5.73 Å². The topological polar surface area (TPSA) is 58.4 Å². The minimum Gasteiger partial charge on any atom is -0.329 e. The lowest BCUT2D eigenvalue weighted by molar-refractivity contribution is -0.116. The molecule has 1 heterocycles. The highest BCUT2D eigenvalue weighted by molar-refractivity contribution is 5.90. The number of anilines is 1. The average Bonchev–Trinajstić information content (AvgIpc) is 2.46. The Morgan fingerprint density at radius 2 is 2.15 bits per heavy atom. The summed E-state index contributed by atoms with van der Waals surface area (Å²) in [6, 6.07) is 10.0. The number of nitrogens with one attached hydrogen (secondary N) is 1. The van der Waals surface area contributed by atoms with Gasteiger partial charge in [0.05, 0.1) is 0 Å². The van der Waals surface area contributed by atoms with Crippen LogP contribution in [0.1, 0.15) is 26.2 Å². The minimum absolute atomic E-state index is 0.0743. The molecule has 4 nitrogen and oxygen atoms in total. The number of para-hydroxylation sites is 1. The number of likely N-dealkylation sites (tertiary alicyclic amines) is 1. The molecule has 1 aromatic rings. The number of nitrogens with two attached hydrogens (primary N) is 1. The second-order valence-corrected chi connectivity index (χ2v) is 5.62. The Hall–Kier alpha value is -1.39. The Morgan fingerprint density at radius 1 is 1.40 bits per heavy atom. The zero-order valence-electron chi connectivity index (χ0n) is 12.2. The molecular weight excluding hydrogens is 250 g/mol. The summed E-state index contributed by atoms with van der Waals surface area (Å²) in [5.41, 5.74) is 6.73. The van der Waals surface area contributed by atoms with Crippen molar-refractivity contribution in [3.8, 4) is 0 Å². The maximum absolute atomic E-state index is 12.0. The van der Waals surface area contributed by atoms with Gasteiger partial charge in [0.25, 0.3) is 0 Å². The van der Waals surface area contributed by atoms with Crippen LogP contribution < -0.4 is 11.1 Å². The highest BCUT2D eigenvalue weighted by Gasteiger charge is 2.27. The summed E-state index contributed by atoms with van der Waals surface area (Å²) in [5.74, 6) is 0.705. The molecule has 2 atom stereocenters. The van der Waals surface area contributed by atoms with Crippen molar-refractivity contribution in [1.82, 2.24) is 4.90 Å². The van der Waals surface area contributed by atoms with Crippen molar-refractivity contribution in [3.05, 3.63) is 30.3 Å². The van der Waals surface area contributed by atoms with Crippen molar-refractivity contribution in [1.29, 1.82) is 0 Å². The molecule has 0 radical (unpaired) electrons. The monoisotopic (exact) mass is 275 g/mol. The first-order valence-electron chi connectivity index (χ1n) is 7.49. The van der Waals surface area contributed by atoms with E-state index in [1.54, 1.807) is 0 Å². The van der Waals surface area contributed by atoms with E-state index in [2.05, 4.69) is 17.1 Å². The lowest BCUT2D eigenvalue weighted by atomic mass is 9.90. The lowest BCUT2D eigenvalue weighted by Gasteiger charge is -2.39. The Bertz CT molecular complexity index is 421. The molecule has 1 aromatic carbocycles. The summed E-state index contributed by atoms with van der Waals surface area (Å²) >= 11 is 0. The second-order valence-electron chi connectivity index (χ2n) is 5.62. The molecule has 3 N–H and O–H groups in total. The summed E-state index contributed by atoms with van der Waals surface area (Å²) in [7, 11) is 0. The van der Waals surface area contributed by atoms with E-state index in [1.807, 2.05) is 30.3 Å². The van der Waals surface area contributed by atoms with E-state index >= 15 is 0 Å². The van der Waals surface area contributed by atoms with Gasteiger partial charge in [-0.15, -0.1) is 0 Å². The molecule has 1 saturated heterocycles. The zero-order chi connectivity index (χ0) is 14.4. The van der Waals surface area contributed by atoms with Crippen molar-refractivity contribution in [2.45, 2.75) is 32.2 Å². The Labute approximate surface area is 121 Å². The first-order valence-corrected chi connectivity index (χ1v) is 7.49. The summed E-state index contributed by atoms with van der Waals surface area (Å²) in [6.07, 6.45) is 2.98. The van der Waals surface area contributed by atoms with E-state index in [9.17, 15) is 4.79 Å². The molecule has 20 heavy (non-hydrogen) atoms. The molecular formula is C16H25N3O. The SMILES string of the molecule is CC1CCCN(CCC(=O)Nc2ccccc2)C1CN. The molecule has 1 aliphatic heterocycles. The van der Waals surface area contributed by atoms with Gasteiger partial charge in [-0.05, 0) is 37.4 Å². The molecule has 2 rings (SSSR count). The van der Waals surface area contributed by atoms with Gasteiger partial charge in [0.2, 0.25) is 5.91 Å². The number of piperidine rings is 1. The van der Waals surface area contributed by atoms with Crippen molar-refractivity contribution < 1.29 is 4.79 Å². The van der Waals surface area contributed by atoms with Gasteiger partial charge in [0.15, 0.2) is 0 Å². The Morgan fingerprint density at radius 3 is 2.85 bits per heavy atom. The summed E-state index contributed by atoms with van der Waals surface area (Å²) in [4.78, 5) is 14.3. The molecule has 110 valence electrons. The van der Waals surface area contributed by atoms with Gasteiger partial charge in [-0.1, -0.05) is 25.1 Å². The van der Waals surface area contributed by atoms with Crippen molar-refractivity contribution in [2.24, 2.45) is 11.7 Å². The van der Waals surface area contributed by atoms with Gasteiger partial charge in [0, 0.05) is 31.2 Å². The van der Waals surface area contributed by atoms with E-state index in [0.717, 1.165) is 18.8 Å². The highest BCUT2D eigenvalue weighted by Crippen LogP contribution is 2.22. The smallest absolute Gasteiger partial charge is 0.225 e. The lowest BCUT2D eigenvalue weighted by Crippen LogP contribution is -2.49. The number of nitrogens with zero attached hydrogens (tertiary/aromatic N) is 1. The largest absolute Gasteiger partial charge is 0.329 e. The van der Waals surface area contributed by atoms with Crippen LogP contribution in [-0.4, -0.2) is 36.5 Å². The van der Waals surface area contributed by atoms with Crippen LogP contribution in [0.25, 0.3) is 0 Å². The maximum atomic E-state index is 12.0. The first-order chi connectivity index (χ1) is 9.70. The maximum Gasteiger partial charge on any atom is 0.225 e. The molecule has 0 aliphatic carbocycles. The second kappa shape index (κ2) is 7.41. The summed E-state index contributed by atoms with van der Waals surface area (Å²) < 4.78 is 0. The molecule has 4 heteroatoms. The fourth-order valence-corrected chi connectivity index (χ4v) is 2.98. The highest BCUT2D eigenvalue weighted by atomic mass is 16.1. The third kappa shape index (κ3) is 4.05. The summed E-state index contributed by atoms with van der Waals surface area (Å²) in [6.45, 7) is 4.80. The molecule has 0 spiro atoms. The van der Waals surface area contributed by atoms with E-state index in [-0.39, 0.29) is 5.91 Å². The third-order valence-corrected chi connectivity index (χ3v) is 4.16. The van der Waals surface area contributed by atoms with Gasteiger partial charge in [0.1, 0.15) is 0 Å². The van der Waals surface area contributed by atoms with Crippen LogP contribution in [0.5, 0.6) is 0 Å². The normalized spacial score (nSPS) is 23.5. The molecule has 0 aromatic heterocycles. The van der Waals surface area contributed by atoms with Crippen LogP contribution >= 0.6 is 0 Å². The predicted molar refractivity (Wildman–Crippen MR) is 82.5 cm³/mol. The number of hydrogen-bond acceptors (Lipinski definition) is 3. The van der Waals surface area contributed by atoms with Gasteiger partial charge in [-0.2, -0.15) is 0 Å². The van der Waals surface area contributed by atoms with Crippen molar-refractivity contribution in [3.63, 3.8) is 0 Å². The van der Waals surface area contributed by atoms with Crippen LogP contribution in [0.4, 0.5) is 5.69 Å². The van der Waals surface area contributed by atoms with Gasteiger partial charge in [-0.3, -0.25) is 9.69 Å². The molecule has 1 aliphatic rings. The molecule has 0 bridgehead atoms. The van der Waals surface area contributed by atoms with Gasteiger partial charge < -0.3 is 11.1 Å². The van der Waals surface area contributed by atoms with Gasteiger partial charge in [-0.25, -0.2) is 0 Å². The van der Waals surface area contributed by atoms with E-state index in [0.29, 0.717) is 24.9 Å². The summed E-state index contributed by atoms with van der Waals surface area (Å²) in [5, 5.41) is 2.93. The fourth-order valence-electron chi connectivity index (χ4n) is 2.98. The number of carbonyl (C=O) groups is 1. The molecule has 2 unspecified atom stereocenters. The molecule has 1 fully saturated rings. The predicted octanol–water partition coefficient (Wildman–Crippen LogP) is 2.07. The number of amides is 1. The van der Waals surface area contributed by atoms with Crippen molar-refractivity contribution >= 4 is 11.6 Å². The number of rotatable bonds is 5. The van der Waals surface area contributed by atoms with Crippen LogP contribution in [0.15, 0.2) is 30.3 Å². The number of hydrogen-bond donors (Lipinski definition) is 2. The van der Waals surface area contributed by atoms with Crippen LogP contribution in [-0.2, 0) is 4.79 Å². The standard InChI is InChI=1S/C16H25N3O/c1-13-6-5-10-19(15(13)12-17)11-9-16(20)18-14-7-3-2-4-8-14/h2-4,7-8,13,15H,5-6,9-12,17H2,1H3,(H,18,20). The Balaban J connectivity index is 1.80.